The summed E-state index contributed by atoms with van der Waals surface area (Å²) >= 11 is 7.47. The molecule has 0 bridgehead atoms. The summed E-state index contributed by atoms with van der Waals surface area (Å²) in [5.74, 6) is -0.270. The van der Waals surface area contributed by atoms with Crippen molar-refractivity contribution in [3.8, 4) is 0 Å². The van der Waals surface area contributed by atoms with Gasteiger partial charge in [-0.15, -0.1) is 0 Å². The number of nitrogens with zero attached hydrogens (tertiary/aromatic N) is 1. The first kappa shape index (κ1) is 15.9. The lowest BCUT2D eigenvalue weighted by Gasteiger charge is -2.14. The number of carbonyl (C=O) groups is 2. The van der Waals surface area contributed by atoms with Crippen LogP contribution in [0.1, 0.15) is 17.3 Å². The van der Waals surface area contributed by atoms with Gasteiger partial charge in [0.1, 0.15) is 0 Å². The Hall–Kier alpha value is -1.20. The minimum absolute atomic E-state index is 0.134. The molecule has 1 aromatic rings. The van der Waals surface area contributed by atoms with Crippen LogP contribution in [0.25, 0.3) is 0 Å². The molecule has 0 saturated heterocycles. The normalized spacial score (nSPS) is 11.8. The highest BCUT2D eigenvalue weighted by Crippen LogP contribution is 2.24. The van der Waals surface area contributed by atoms with Crippen molar-refractivity contribution in [3.05, 3.63) is 28.8 Å². The molecule has 0 radical (unpaired) electrons. The van der Waals surface area contributed by atoms with Gasteiger partial charge in [-0.1, -0.05) is 11.6 Å². The zero-order valence-corrected chi connectivity index (χ0v) is 12.9. The van der Waals surface area contributed by atoms with E-state index in [0.717, 1.165) is 0 Å². The summed E-state index contributed by atoms with van der Waals surface area (Å²) in [6.45, 7) is 1.81. The number of hydrogen-bond acceptors (Lipinski definition) is 3. The number of hydrogen-bond donors (Lipinski definition) is 1. The minimum Gasteiger partial charge on any atom is -0.345 e. The molecule has 0 aliphatic carbocycles. The lowest BCUT2D eigenvalue weighted by atomic mass is 10.1. The van der Waals surface area contributed by atoms with Crippen LogP contribution in [0.2, 0.25) is 5.02 Å². The predicted molar refractivity (Wildman–Crippen MR) is 81.1 cm³/mol. The molecule has 1 aromatic carbocycles. The molecule has 0 heterocycles. The predicted octanol–water partition coefficient (Wildman–Crippen LogP) is 2.73. The molecule has 0 saturated carbocycles. The minimum atomic E-state index is -0.177. The Labute approximate surface area is 122 Å². The molecule has 2 amide bonds. The molecule has 1 N–H and O–H groups in total. The van der Waals surface area contributed by atoms with Gasteiger partial charge in [-0.3, -0.25) is 9.59 Å². The summed E-state index contributed by atoms with van der Waals surface area (Å²) in [6, 6.07) is 4.84. The van der Waals surface area contributed by atoms with E-state index in [4.69, 9.17) is 11.6 Å². The lowest BCUT2D eigenvalue weighted by Crippen LogP contribution is -2.24. The smallest absolute Gasteiger partial charge is 0.253 e. The van der Waals surface area contributed by atoms with Gasteiger partial charge < -0.3 is 10.2 Å². The van der Waals surface area contributed by atoms with E-state index >= 15 is 0 Å². The molecule has 1 unspecified atom stereocenters. The molecule has 0 aromatic heterocycles. The number of halogens is 1. The van der Waals surface area contributed by atoms with Gasteiger partial charge in [-0.05, 0) is 31.4 Å². The molecule has 6 heteroatoms. The summed E-state index contributed by atoms with van der Waals surface area (Å²) in [4.78, 5) is 25.1. The van der Waals surface area contributed by atoms with Crippen LogP contribution >= 0.6 is 23.4 Å². The van der Waals surface area contributed by atoms with E-state index in [9.17, 15) is 9.59 Å². The van der Waals surface area contributed by atoms with Gasteiger partial charge in [0.2, 0.25) is 5.91 Å². The van der Waals surface area contributed by atoms with E-state index in [-0.39, 0.29) is 17.1 Å². The van der Waals surface area contributed by atoms with Crippen LogP contribution in [0.15, 0.2) is 18.2 Å². The van der Waals surface area contributed by atoms with Crippen LogP contribution in [0.3, 0.4) is 0 Å². The third-order valence-electron chi connectivity index (χ3n) is 2.60. The summed E-state index contributed by atoms with van der Waals surface area (Å²) < 4.78 is 0. The topological polar surface area (TPSA) is 49.4 Å². The van der Waals surface area contributed by atoms with Crippen molar-refractivity contribution in [2.75, 3.05) is 25.7 Å². The van der Waals surface area contributed by atoms with Crippen molar-refractivity contribution >= 4 is 40.9 Å². The fourth-order valence-corrected chi connectivity index (χ4v) is 1.79. The second-order valence-electron chi connectivity index (χ2n) is 4.26. The van der Waals surface area contributed by atoms with Gasteiger partial charge in [0.25, 0.3) is 5.91 Å². The molecular formula is C13H17ClN2O2S. The van der Waals surface area contributed by atoms with Crippen LogP contribution in [0, 0.1) is 0 Å². The molecule has 1 rings (SSSR count). The summed E-state index contributed by atoms with van der Waals surface area (Å²) in [6.07, 6.45) is 1.86. The zero-order chi connectivity index (χ0) is 14.6. The Kier molecular flexibility index (Phi) is 5.69. The van der Waals surface area contributed by atoms with Crippen molar-refractivity contribution in [1.82, 2.24) is 4.90 Å². The first-order chi connectivity index (χ1) is 8.86. The second-order valence-corrected chi connectivity index (χ2v) is 5.85. The SMILES string of the molecule is CSC(C)C(=O)Nc1cc(C(=O)N(C)C)ccc1Cl. The first-order valence-electron chi connectivity index (χ1n) is 5.71. The van der Waals surface area contributed by atoms with Crippen LogP contribution in [-0.2, 0) is 4.79 Å². The van der Waals surface area contributed by atoms with Crippen LogP contribution < -0.4 is 5.32 Å². The van der Waals surface area contributed by atoms with E-state index in [1.54, 1.807) is 32.3 Å². The maximum absolute atomic E-state index is 11.8. The van der Waals surface area contributed by atoms with E-state index in [1.807, 2.05) is 13.2 Å². The van der Waals surface area contributed by atoms with E-state index in [0.29, 0.717) is 16.3 Å². The highest BCUT2D eigenvalue weighted by atomic mass is 35.5. The van der Waals surface area contributed by atoms with Crippen molar-refractivity contribution in [2.24, 2.45) is 0 Å². The monoisotopic (exact) mass is 300 g/mol. The molecule has 0 spiro atoms. The molecule has 0 aliphatic heterocycles. The average molecular weight is 301 g/mol. The fourth-order valence-electron chi connectivity index (χ4n) is 1.35. The Bertz CT molecular complexity index is 492. The Balaban J connectivity index is 2.98. The van der Waals surface area contributed by atoms with E-state index in [1.165, 1.54) is 16.7 Å². The Morgan fingerprint density at radius 2 is 2.00 bits per heavy atom. The maximum atomic E-state index is 11.8. The van der Waals surface area contributed by atoms with Crippen molar-refractivity contribution in [2.45, 2.75) is 12.2 Å². The van der Waals surface area contributed by atoms with Crippen LogP contribution in [0.4, 0.5) is 5.69 Å². The van der Waals surface area contributed by atoms with Gasteiger partial charge in [-0.2, -0.15) is 11.8 Å². The Morgan fingerprint density at radius 1 is 1.37 bits per heavy atom. The lowest BCUT2D eigenvalue weighted by molar-refractivity contribution is -0.115. The first-order valence-corrected chi connectivity index (χ1v) is 7.38. The molecular weight excluding hydrogens is 284 g/mol. The number of nitrogens with one attached hydrogen (secondary N) is 1. The Morgan fingerprint density at radius 3 is 2.53 bits per heavy atom. The number of anilines is 1. The van der Waals surface area contributed by atoms with Gasteiger partial charge in [-0.25, -0.2) is 0 Å². The largest absolute Gasteiger partial charge is 0.345 e. The molecule has 0 aliphatic rings. The van der Waals surface area contributed by atoms with E-state index < -0.39 is 0 Å². The van der Waals surface area contributed by atoms with Crippen molar-refractivity contribution in [3.63, 3.8) is 0 Å². The summed E-state index contributed by atoms with van der Waals surface area (Å²) in [5.41, 5.74) is 0.946. The zero-order valence-electron chi connectivity index (χ0n) is 11.4. The van der Waals surface area contributed by atoms with Crippen molar-refractivity contribution < 1.29 is 9.59 Å². The molecule has 19 heavy (non-hydrogen) atoms. The third-order valence-corrected chi connectivity index (χ3v) is 3.85. The van der Waals surface area contributed by atoms with Crippen LogP contribution in [-0.4, -0.2) is 42.3 Å². The van der Waals surface area contributed by atoms with Crippen molar-refractivity contribution in [1.29, 1.82) is 0 Å². The third kappa shape index (κ3) is 4.14. The molecule has 0 fully saturated rings. The molecule has 1 atom stereocenters. The maximum Gasteiger partial charge on any atom is 0.253 e. The molecule has 4 nitrogen and oxygen atoms in total. The number of rotatable bonds is 4. The van der Waals surface area contributed by atoms with Crippen LogP contribution in [0.5, 0.6) is 0 Å². The fraction of sp³-hybridized carbons (Fsp3) is 0.385. The molecule has 104 valence electrons. The standard InChI is InChI=1S/C13H17ClN2O2S/c1-8(19-4)12(17)15-11-7-9(5-6-10(11)14)13(18)16(2)3/h5-8H,1-4H3,(H,15,17). The highest BCUT2D eigenvalue weighted by molar-refractivity contribution is 7.99. The van der Waals surface area contributed by atoms with Gasteiger partial charge >= 0.3 is 0 Å². The number of benzene rings is 1. The highest BCUT2D eigenvalue weighted by Gasteiger charge is 2.15. The summed E-state index contributed by atoms with van der Waals surface area (Å²) in [7, 11) is 3.34. The quantitative estimate of drug-likeness (QED) is 0.930. The van der Waals surface area contributed by atoms with E-state index in [2.05, 4.69) is 5.32 Å². The number of amides is 2. The number of carbonyl (C=O) groups excluding carboxylic acids is 2. The summed E-state index contributed by atoms with van der Waals surface area (Å²) in [5, 5.41) is 2.97. The number of thioether (sulfide) groups is 1. The van der Waals surface area contributed by atoms with Gasteiger partial charge in [0, 0.05) is 19.7 Å². The van der Waals surface area contributed by atoms with Gasteiger partial charge in [0.15, 0.2) is 0 Å². The van der Waals surface area contributed by atoms with Gasteiger partial charge in [0.05, 0.1) is 16.0 Å². The average Bonchev–Trinajstić information content (AvgIpc) is 2.39. The second kappa shape index (κ2) is 6.82.